The van der Waals surface area contributed by atoms with Crippen LogP contribution in [0.1, 0.15) is 93.2 Å². The van der Waals surface area contributed by atoms with Gasteiger partial charge in [0.25, 0.3) is 0 Å². The number of hydrogen-bond acceptors (Lipinski definition) is 7. The van der Waals surface area contributed by atoms with Crippen LogP contribution in [0.5, 0.6) is 23.0 Å². The zero-order valence-electron chi connectivity index (χ0n) is 27.0. The van der Waals surface area contributed by atoms with Crippen molar-refractivity contribution in [3.8, 4) is 23.0 Å². The van der Waals surface area contributed by atoms with Gasteiger partial charge in [-0.1, -0.05) is 130 Å². The van der Waals surface area contributed by atoms with Gasteiger partial charge >= 0.3 is 5.97 Å². The Morgan fingerprint density at radius 3 is 1.77 bits per heavy atom. The minimum Gasteiger partial charge on any atom is -0.507 e. The largest absolute Gasteiger partial charge is 0.507 e. The molecule has 0 saturated heterocycles. The number of phenols is 3. The number of carbonyl (C=O) groups is 3. The number of benzene rings is 5. The van der Waals surface area contributed by atoms with E-state index < -0.39 is 23.3 Å². The molecule has 5 aromatic rings. The second-order valence-corrected chi connectivity index (χ2v) is 11.3. The molecule has 0 radical (unpaired) electrons. The standard InChI is InChI=1S/C21H26O3.C20H14O4/c1-2-3-4-5-6-7-12-17-13-8-11-16-20(17)24-21(23)18-14-9-10-15-19(18)22;21-16-12-11-15(18(22)13-7-3-1-4-8-13)20(24)17(16)19(23)14-9-5-2-6-10-14/h8-11,13-16,22H,2-7,12H2,1H3;1-12,21,24H. The quantitative estimate of drug-likeness (QED) is 0.0506. The minimum atomic E-state index is -0.548. The predicted octanol–water partition coefficient (Wildman–Crippen LogP) is 9.07. The van der Waals surface area contributed by atoms with Crippen LogP contribution < -0.4 is 4.74 Å². The molecule has 0 aliphatic heterocycles. The number of aromatic hydroxyl groups is 3. The van der Waals surface area contributed by atoms with E-state index in [0.29, 0.717) is 16.9 Å². The lowest BCUT2D eigenvalue weighted by atomic mass is 9.95. The molecule has 5 aromatic carbocycles. The van der Waals surface area contributed by atoms with Crippen LogP contribution in [0.4, 0.5) is 0 Å². The average Bonchev–Trinajstić information content (AvgIpc) is 3.11. The van der Waals surface area contributed by atoms with Crippen molar-refractivity contribution in [2.45, 2.75) is 51.9 Å². The van der Waals surface area contributed by atoms with Gasteiger partial charge in [-0.25, -0.2) is 4.79 Å². The molecule has 5 rings (SSSR count). The molecule has 0 heterocycles. The van der Waals surface area contributed by atoms with Gasteiger partial charge in [-0.15, -0.1) is 0 Å². The van der Waals surface area contributed by atoms with E-state index in [4.69, 9.17) is 4.74 Å². The Balaban J connectivity index is 0.000000217. The number of unbranched alkanes of at least 4 members (excludes halogenated alkanes) is 5. The van der Waals surface area contributed by atoms with E-state index in [1.165, 1.54) is 50.3 Å². The van der Waals surface area contributed by atoms with Gasteiger partial charge in [-0.05, 0) is 48.7 Å². The minimum absolute atomic E-state index is 0.0294. The SMILES string of the molecule is CCCCCCCCc1ccccc1OC(=O)c1ccccc1O.O=C(c1ccccc1)c1ccc(O)c(C(=O)c2ccccc2)c1O. The Hall–Kier alpha value is -5.69. The second kappa shape index (κ2) is 17.9. The summed E-state index contributed by atoms with van der Waals surface area (Å²) in [7, 11) is 0. The highest BCUT2D eigenvalue weighted by Gasteiger charge is 2.24. The summed E-state index contributed by atoms with van der Waals surface area (Å²) in [5.41, 5.74) is 1.62. The van der Waals surface area contributed by atoms with E-state index in [0.717, 1.165) is 18.4 Å². The monoisotopic (exact) mass is 644 g/mol. The van der Waals surface area contributed by atoms with Crippen molar-refractivity contribution in [1.82, 2.24) is 0 Å². The lowest BCUT2D eigenvalue weighted by Crippen LogP contribution is -2.10. The summed E-state index contributed by atoms with van der Waals surface area (Å²) in [5.74, 6) is -1.86. The zero-order chi connectivity index (χ0) is 34.3. The third-order valence-electron chi connectivity index (χ3n) is 7.80. The van der Waals surface area contributed by atoms with Crippen LogP contribution in [0, 0.1) is 0 Å². The Morgan fingerprint density at radius 2 is 1.10 bits per heavy atom. The van der Waals surface area contributed by atoms with Gasteiger partial charge in [0.2, 0.25) is 5.78 Å². The highest BCUT2D eigenvalue weighted by atomic mass is 16.5. The Kier molecular flexibility index (Phi) is 13.1. The van der Waals surface area contributed by atoms with Crippen LogP contribution in [0.2, 0.25) is 0 Å². The van der Waals surface area contributed by atoms with Crippen molar-refractivity contribution in [2.75, 3.05) is 0 Å². The maximum Gasteiger partial charge on any atom is 0.347 e. The van der Waals surface area contributed by atoms with Crippen LogP contribution in [0.25, 0.3) is 0 Å². The fourth-order valence-corrected chi connectivity index (χ4v) is 5.17. The summed E-state index contributed by atoms with van der Waals surface area (Å²) in [6.07, 6.45) is 8.29. The number of phenolic OH excluding ortho intramolecular Hbond substituents is 3. The number of ether oxygens (including phenoxy) is 1. The van der Waals surface area contributed by atoms with Gasteiger partial charge < -0.3 is 20.1 Å². The molecule has 0 fully saturated rings. The van der Waals surface area contributed by atoms with Gasteiger partial charge in [-0.3, -0.25) is 9.59 Å². The summed E-state index contributed by atoms with van der Waals surface area (Å²) >= 11 is 0. The maximum atomic E-state index is 12.6. The Bertz CT molecular complexity index is 1810. The summed E-state index contributed by atoms with van der Waals surface area (Å²) in [6.45, 7) is 2.22. The lowest BCUT2D eigenvalue weighted by Gasteiger charge is -2.11. The van der Waals surface area contributed by atoms with Crippen LogP contribution in [-0.2, 0) is 6.42 Å². The average molecular weight is 645 g/mol. The normalized spacial score (nSPS) is 10.4. The summed E-state index contributed by atoms with van der Waals surface area (Å²) in [5, 5.41) is 30.2. The number of esters is 1. The topological polar surface area (TPSA) is 121 Å². The molecular weight excluding hydrogens is 604 g/mol. The molecule has 0 aromatic heterocycles. The van der Waals surface area contributed by atoms with Crippen LogP contribution in [-0.4, -0.2) is 32.9 Å². The number of rotatable bonds is 13. The first-order valence-electron chi connectivity index (χ1n) is 16.1. The molecule has 0 aliphatic carbocycles. The van der Waals surface area contributed by atoms with Crippen molar-refractivity contribution < 1.29 is 34.4 Å². The highest BCUT2D eigenvalue weighted by molar-refractivity contribution is 6.17. The predicted molar refractivity (Wildman–Crippen MR) is 186 cm³/mol. The Morgan fingerprint density at radius 1 is 0.542 bits per heavy atom. The smallest absolute Gasteiger partial charge is 0.347 e. The van der Waals surface area contributed by atoms with Crippen molar-refractivity contribution in [3.05, 3.63) is 155 Å². The highest BCUT2D eigenvalue weighted by Crippen LogP contribution is 2.34. The fourth-order valence-electron chi connectivity index (χ4n) is 5.17. The Labute approximate surface area is 281 Å². The fraction of sp³-hybridized carbons (Fsp3) is 0.195. The van der Waals surface area contributed by atoms with Crippen LogP contribution in [0.3, 0.4) is 0 Å². The molecule has 0 aliphatic rings. The molecule has 48 heavy (non-hydrogen) atoms. The first-order valence-corrected chi connectivity index (χ1v) is 16.1. The lowest BCUT2D eigenvalue weighted by molar-refractivity contribution is 0.0729. The third kappa shape index (κ3) is 9.42. The number of para-hydroxylation sites is 2. The van der Waals surface area contributed by atoms with Crippen molar-refractivity contribution in [3.63, 3.8) is 0 Å². The number of hydrogen-bond donors (Lipinski definition) is 3. The van der Waals surface area contributed by atoms with Crippen molar-refractivity contribution in [1.29, 1.82) is 0 Å². The van der Waals surface area contributed by atoms with Gasteiger partial charge in [0, 0.05) is 11.1 Å². The molecule has 3 N–H and O–H groups in total. The van der Waals surface area contributed by atoms with E-state index >= 15 is 0 Å². The van der Waals surface area contributed by atoms with E-state index in [9.17, 15) is 29.7 Å². The van der Waals surface area contributed by atoms with Gasteiger partial charge in [-0.2, -0.15) is 0 Å². The first-order chi connectivity index (χ1) is 23.3. The molecule has 0 bridgehead atoms. The van der Waals surface area contributed by atoms with Gasteiger partial charge in [0.15, 0.2) is 5.78 Å². The van der Waals surface area contributed by atoms with Crippen molar-refractivity contribution in [2.24, 2.45) is 0 Å². The number of aryl methyl sites for hydroxylation is 1. The molecule has 246 valence electrons. The summed E-state index contributed by atoms with van der Waals surface area (Å²) < 4.78 is 5.51. The van der Waals surface area contributed by atoms with Gasteiger partial charge in [0.05, 0.1) is 5.56 Å². The molecule has 0 amide bonds. The summed E-state index contributed by atoms with van der Waals surface area (Å²) in [4.78, 5) is 37.4. The van der Waals surface area contributed by atoms with Crippen molar-refractivity contribution >= 4 is 17.5 Å². The third-order valence-corrected chi connectivity index (χ3v) is 7.80. The molecule has 0 atom stereocenters. The van der Waals surface area contributed by atoms with E-state index in [1.807, 2.05) is 24.3 Å². The van der Waals surface area contributed by atoms with E-state index in [1.54, 1.807) is 78.9 Å². The molecule has 7 nitrogen and oxygen atoms in total. The molecule has 0 saturated carbocycles. The molecular formula is C41H40O7. The number of carbonyl (C=O) groups excluding carboxylic acids is 3. The molecule has 7 heteroatoms. The van der Waals surface area contributed by atoms with Gasteiger partial charge in [0.1, 0.15) is 34.1 Å². The van der Waals surface area contributed by atoms with Crippen LogP contribution >= 0.6 is 0 Å². The molecule has 0 spiro atoms. The molecule has 0 unspecified atom stereocenters. The first kappa shape index (κ1) is 35.2. The zero-order valence-corrected chi connectivity index (χ0v) is 27.0. The van der Waals surface area contributed by atoms with E-state index in [-0.39, 0.29) is 28.2 Å². The maximum absolute atomic E-state index is 12.6. The number of ketones is 2. The second-order valence-electron chi connectivity index (χ2n) is 11.3. The summed E-state index contributed by atoms with van der Waals surface area (Å²) in [6, 6.07) is 33.3. The van der Waals surface area contributed by atoms with Crippen LogP contribution in [0.15, 0.2) is 121 Å². The van der Waals surface area contributed by atoms with E-state index in [2.05, 4.69) is 6.92 Å².